The standard InChI is InChI=1S/C19H28N6O/c1-19(2,3)24-18(26)21-10-6-7-11-25-12-22-15-16(25)13-8-4-5-9-14(13)23-17(15)20/h4-5,8-9,12,15-16H,6-7,10-11H2,1-3H3,(H2,20,23)(H2,21,24,26). The normalized spacial score (nSPS) is 21.0. The van der Waals surface area contributed by atoms with Gasteiger partial charge in [-0.05, 0) is 39.7 Å². The molecule has 7 heteroatoms. The Bertz CT molecular complexity index is 721. The Balaban J connectivity index is 1.49. The van der Waals surface area contributed by atoms with Gasteiger partial charge in [0.1, 0.15) is 11.9 Å². The second-order valence-electron chi connectivity index (χ2n) is 7.83. The van der Waals surface area contributed by atoms with Crippen molar-refractivity contribution in [3.63, 3.8) is 0 Å². The van der Waals surface area contributed by atoms with Crippen LogP contribution >= 0.6 is 0 Å². The summed E-state index contributed by atoms with van der Waals surface area (Å²) in [5.74, 6) is 0.577. The molecule has 0 radical (unpaired) electrons. The number of amides is 2. The van der Waals surface area contributed by atoms with Gasteiger partial charge >= 0.3 is 6.03 Å². The molecule has 0 saturated heterocycles. The maximum absolute atomic E-state index is 11.8. The molecule has 2 unspecified atom stereocenters. The van der Waals surface area contributed by atoms with E-state index in [4.69, 9.17) is 5.73 Å². The maximum Gasteiger partial charge on any atom is 0.315 e. The number of nitrogens with zero attached hydrogens (tertiary/aromatic N) is 3. The van der Waals surface area contributed by atoms with Crippen LogP contribution in [0.1, 0.15) is 45.2 Å². The number of para-hydroxylation sites is 1. The summed E-state index contributed by atoms with van der Waals surface area (Å²) >= 11 is 0. The van der Waals surface area contributed by atoms with Crippen LogP contribution in [0, 0.1) is 0 Å². The Hall–Kier alpha value is -2.57. The molecule has 0 bridgehead atoms. The molecule has 2 aliphatic heterocycles. The summed E-state index contributed by atoms with van der Waals surface area (Å²) in [5.41, 5.74) is 8.00. The van der Waals surface area contributed by atoms with Crippen molar-refractivity contribution in [2.45, 2.75) is 51.2 Å². The molecule has 0 spiro atoms. The minimum Gasteiger partial charge on any atom is -0.385 e. The fraction of sp³-hybridized carbons (Fsp3) is 0.526. The molecule has 7 nitrogen and oxygen atoms in total. The molecule has 4 N–H and O–H groups in total. The average Bonchev–Trinajstić information content (AvgIpc) is 2.98. The van der Waals surface area contributed by atoms with E-state index in [-0.39, 0.29) is 23.7 Å². The summed E-state index contributed by atoms with van der Waals surface area (Å²) in [6.07, 6.45) is 3.76. The summed E-state index contributed by atoms with van der Waals surface area (Å²) in [7, 11) is 0. The Kier molecular flexibility index (Phi) is 5.15. The highest BCUT2D eigenvalue weighted by Crippen LogP contribution is 2.39. The second-order valence-corrected chi connectivity index (χ2v) is 7.83. The molecule has 0 aliphatic carbocycles. The van der Waals surface area contributed by atoms with Gasteiger partial charge in [0.15, 0.2) is 0 Å². The molecule has 0 aromatic heterocycles. The molecular formula is C19H28N6O. The number of aliphatic imine (C=N–C) groups is 2. The van der Waals surface area contributed by atoms with Crippen LogP contribution in [-0.2, 0) is 0 Å². The smallest absolute Gasteiger partial charge is 0.315 e. The Morgan fingerprint density at radius 2 is 2.04 bits per heavy atom. The van der Waals surface area contributed by atoms with Crippen molar-refractivity contribution in [1.82, 2.24) is 15.5 Å². The van der Waals surface area contributed by atoms with Crippen LogP contribution in [0.4, 0.5) is 10.5 Å². The summed E-state index contributed by atoms with van der Waals surface area (Å²) in [5, 5.41) is 5.80. The molecule has 26 heavy (non-hydrogen) atoms. The molecule has 0 fully saturated rings. The minimum atomic E-state index is -0.221. The zero-order chi connectivity index (χ0) is 18.7. The first-order valence-electron chi connectivity index (χ1n) is 9.13. The van der Waals surface area contributed by atoms with Gasteiger partial charge in [0.2, 0.25) is 0 Å². The number of amidine groups is 1. The Morgan fingerprint density at radius 3 is 2.81 bits per heavy atom. The van der Waals surface area contributed by atoms with Crippen molar-refractivity contribution in [3.05, 3.63) is 29.8 Å². The number of fused-ring (bicyclic) bond motifs is 3. The van der Waals surface area contributed by atoms with E-state index in [1.807, 2.05) is 45.3 Å². The van der Waals surface area contributed by atoms with Crippen molar-refractivity contribution in [2.24, 2.45) is 15.7 Å². The first-order valence-corrected chi connectivity index (χ1v) is 9.13. The fourth-order valence-corrected chi connectivity index (χ4v) is 3.33. The topological polar surface area (TPSA) is 95.1 Å². The first kappa shape index (κ1) is 18.2. The van der Waals surface area contributed by atoms with Gasteiger partial charge in [-0.25, -0.2) is 9.79 Å². The van der Waals surface area contributed by atoms with Crippen LogP contribution in [0.25, 0.3) is 0 Å². The van der Waals surface area contributed by atoms with Gasteiger partial charge in [0, 0.05) is 24.2 Å². The number of urea groups is 1. The Morgan fingerprint density at radius 1 is 1.27 bits per heavy atom. The van der Waals surface area contributed by atoms with E-state index in [2.05, 4.69) is 31.6 Å². The molecule has 0 saturated carbocycles. The molecule has 1 aromatic carbocycles. The summed E-state index contributed by atoms with van der Waals surface area (Å²) in [4.78, 5) is 23.0. The third kappa shape index (κ3) is 4.15. The summed E-state index contributed by atoms with van der Waals surface area (Å²) in [6, 6.07) is 8.01. The van der Waals surface area contributed by atoms with Crippen molar-refractivity contribution < 1.29 is 4.79 Å². The number of hydrogen-bond donors (Lipinski definition) is 3. The molecule has 2 atom stereocenters. The summed E-state index contributed by atoms with van der Waals surface area (Å²) in [6.45, 7) is 7.42. The van der Waals surface area contributed by atoms with Crippen LogP contribution in [-0.4, -0.2) is 47.8 Å². The quantitative estimate of drug-likeness (QED) is 0.707. The lowest BCUT2D eigenvalue weighted by Crippen LogP contribution is -2.46. The van der Waals surface area contributed by atoms with Crippen molar-refractivity contribution >= 4 is 23.9 Å². The molecule has 2 heterocycles. The summed E-state index contributed by atoms with van der Waals surface area (Å²) < 4.78 is 0. The molecular weight excluding hydrogens is 328 g/mol. The molecule has 140 valence electrons. The van der Waals surface area contributed by atoms with Gasteiger partial charge in [-0.1, -0.05) is 18.2 Å². The van der Waals surface area contributed by atoms with E-state index in [1.54, 1.807) is 0 Å². The Labute approximate surface area is 154 Å². The number of nitrogens with one attached hydrogen (secondary N) is 2. The fourth-order valence-electron chi connectivity index (χ4n) is 3.33. The van der Waals surface area contributed by atoms with Gasteiger partial charge in [-0.15, -0.1) is 0 Å². The first-order chi connectivity index (χ1) is 12.3. The van der Waals surface area contributed by atoms with Crippen LogP contribution < -0.4 is 16.4 Å². The van der Waals surface area contributed by atoms with E-state index >= 15 is 0 Å². The van der Waals surface area contributed by atoms with E-state index < -0.39 is 0 Å². The van der Waals surface area contributed by atoms with Gasteiger partial charge in [0.05, 0.1) is 18.1 Å². The van der Waals surface area contributed by atoms with Crippen molar-refractivity contribution in [3.8, 4) is 0 Å². The van der Waals surface area contributed by atoms with E-state index in [9.17, 15) is 4.79 Å². The SMILES string of the molecule is CC(C)(C)NC(=O)NCCCCN1C=NC2C(N)=Nc3ccccc3C21. The van der Waals surface area contributed by atoms with Crippen molar-refractivity contribution in [2.75, 3.05) is 13.1 Å². The number of benzene rings is 1. The predicted molar refractivity (Wildman–Crippen MR) is 105 cm³/mol. The van der Waals surface area contributed by atoms with E-state index in [1.165, 1.54) is 5.56 Å². The predicted octanol–water partition coefficient (Wildman–Crippen LogP) is 2.32. The van der Waals surface area contributed by atoms with Gasteiger partial charge in [-0.3, -0.25) is 4.99 Å². The number of carbonyl (C=O) groups is 1. The van der Waals surface area contributed by atoms with Gasteiger partial charge in [0.25, 0.3) is 0 Å². The van der Waals surface area contributed by atoms with Crippen molar-refractivity contribution in [1.29, 1.82) is 0 Å². The van der Waals surface area contributed by atoms with Crippen LogP contribution in [0.3, 0.4) is 0 Å². The lowest BCUT2D eigenvalue weighted by Gasteiger charge is -2.31. The van der Waals surface area contributed by atoms with Gasteiger partial charge < -0.3 is 21.3 Å². The maximum atomic E-state index is 11.8. The molecule has 2 amide bonds. The number of carbonyl (C=O) groups excluding carboxylic acids is 1. The van der Waals surface area contributed by atoms with E-state index in [0.717, 1.165) is 25.1 Å². The highest BCUT2D eigenvalue weighted by molar-refractivity contribution is 5.94. The largest absolute Gasteiger partial charge is 0.385 e. The lowest BCUT2D eigenvalue weighted by molar-refractivity contribution is 0.231. The molecule has 2 aliphatic rings. The van der Waals surface area contributed by atoms with Crippen LogP contribution in [0.2, 0.25) is 0 Å². The average molecular weight is 356 g/mol. The lowest BCUT2D eigenvalue weighted by atomic mass is 9.94. The van der Waals surface area contributed by atoms with Crippen LogP contribution in [0.15, 0.2) is 34.3 Å². The highest BCUT2D eigenvalue weighted by atomic mass is 16.2. The zero-order valence-corrected chi connectivity index (χ0v) is 15.7. The molecule has 1 aromatic rings. The number of nitrogens with two attached hydrogens (primary N) is 1. The van der Waals surface area contributed by atoms with Crippen LogP contribution in [0.5, 0.6) is 0 Å². The second kappa shape index (κ2) is 7.35. The van der Waals surface area contributed by atoms with Gasteiger partial charge in [-0.2, -0.15) is 0 Å². The highest BCUT2D eigenvalue weighted by Gasteiger charge is 2.38. The third-order valence-electron chi connectivity index (χ3n) is 4.46. The number of unbranched alkanes of at least 4 members (excludes halogenated alkanes) is 1. The third-order valence-corrected chi connectivity index (χ3v) is 4.46. The number of rotatable bonds is 5. The molecule has 3 rings (SSSR count). The monoisotopic (exact) mass is 356 g/mol. The number of hydrogen-bond acceptors (Lipinski definition) is 5. The van der Waals surface area contributed by atoms with E-state index in [0.29, 0.717) is 12.4 Å². The zero-order valence-electron chi connectivity index (χ0n) is 15.7. The minimum absolute atomic E-state index is 0.0967.